The minimum Gasteiger partial charge on any atom is -0.163 e. The van der Waals surface area contributed by atoms with Crippen molar-refractivity contribution in [3.05, 3.63) is 6.92 Å². The van der Waals surface area contributed by atoms with E-state index in [1.54, 1.807) is 0 Å². The number of hydrogen-bond acceptors (Lipinski definition) is 1. The van der Waals surface area contributed by atoms with Crippen molar-refractivity contribution in [3.8, 4) is 11.8 Å². The first kappa shape index (κ1) is 6.91. The van der Waals surface area contributed by atoms with E-state index in [1.807, 2.05) is 6.92 Å². The Kier molecular flexibility index (Phi) is 4.03. The molecule has 0 bridgehead atoms. The summed E-state index contributed by atoms with van der Waals surface area (Å²) in [6.45, 7) is 5.49. The molecule has 39 valence electrons. The molecular formula is C6H9S. The Labute approximate surface area is 50.7 Å². The maximum Gasteiger partial charge on any atom is 0.0598 e. The molecule has 0 fully saturated rings. The monoisotopic (exact) mass is 113 g/mol. The van der Waals surface area contributed by atoms with Crippen LogP contribution in [0.1, 0.15) is 13.3 Å². The van der Waals surface area contributed by atoms with Crippen molar-refractivity contribution in [3.63, 3.8) is 0 Å². The van der Waals surface area contributed by atoms with Crippen molar-refractivity contribution in [1.82, 2.24) is 0 Å². The Morgan fingerprint density at radius 1 is 1.86 bits per heavy atom. The fraction of sp³-hybridized carbons (Fsp3) is 0.500. The third-order valence-corrected chi connectivity index (χ3v) is 0.565. The maximum atomic E-state index is 4.03. The molecule has 0 spiro atoms. The highest BCUT2D eigenvalue weighted by molar-refractivity contribution is 7.81. The summed E-state index contributed by atoms with van der Waals surface area (Å²) in [5.74, 6) is 5.66. The van der Waals surface area contributed by atoms with Gasteiger partial charge in [0.2, 0.25) is 0 Å². The van der Waals surface area contributed by atoms with Gasteiger partial charge in [-0.1, -0.05) is 5.92 Å². The Hall–Kier alpha value is -0.0900. The minimum atomic E-state index is 0.196. The van der Waals surface area contributed by atoms with E-state index in [0.29, 0.717) is 6.42 Å². The molecule has 1 atom stereocenters. The van der Waals surface area contributed by atoms with Crippen LogP contribution in [0.25, 0.3) is 0 Å². The van der Waals surface area contributed by atoms with Crippen molar-refractivity contribution in [2.24, 2.45) is 0 Å². The Bertz CT molecular complexity index is 84.1. The predicted octanol–water partition coefficient (Wildman–Crippen LogP) is 1.53. The van der Waals surface area contributed by atoms with Gasteiger partial charge >= 0.3 is 0 Å². The summed E-state index contributed by atoms with van der Waals surface area (Å²) in [4.78, 5) is 0. The molecule has 0 rings (SSSR count). The first-order valence-electron chi connectivity index (χ1n) is 2.23. The molecule has 0 amide bonds. The smallest absolute Gasteiger partial charge is 0.0598 e. The van der Waals surface area contributed by atoms with Gasteiger partial charge in [-0.25, -0.2) is 0 Å². The summed E-state index contributed by atoms with van der Waals surface area (Å²) < 4.78 is 0. The molecule has 0 aliphatic carbocycles. The average Bonchev–Trinajstić information content (AvgIpc) is 1.61. The highest BCUT2D eigenvalue weighted by Gasteiger charge is 1.78. The predicted molar refractivity (Wildman–Crippen MR) is 36.2 cm³/mol. The maximum absolute atomic E-state index is 4.03. The highest BCUT2D eigenvalue weighted by Crippen LogP contribution is 1.86. The summed E-state index contributed by atoms with van der Waals surface area (Å²) in [5.41, 5.74) is 0. The van der Waals surface area contributed by atoms with Gasteiger partial charge in [-0.15, -0.1) is 5.92 Å². The van der Waals surface area contributed by atoms with E-state index in [9.17, 15) is 0 Å². The zero-order valence-corrected chi connectivity index (χ0v) is 5.33. The van der Waals surface area contributed by atoms with Gasteiger partial charge in [-0.05, 0) is 13.8 Å². The Morgan fingerprint density at radius 3 is 2.57 bits per heavy atom. The zero-order chi connectivity index (χ0) is 5.70. The molecule has 0 heterocycles. The molecule has 0 saturated carbocycles. The highest BCUT2D eigenvalue weighted by atomic mass is 32.1. The number of rotatable bonds is 0. The van der Waals surface area contributed by atoms with Crippen LogP contribution in [0.5, 0.6) is 0 Å². The van der Waals surface area contributed by atoms with Crippen molar-refractivity contribution in [2.45, 2.75) is 18.6 Å². The van der Waals surface area contributed by atoms with Crippen molar-refractivity contribution >= 4 is 12.6 Å². The zero-order valence-electron chi connectivity index (χ0n) is 4.44. The summed E-state index contributed by atoms with van der Waals surface area (Å²) in [6, 6.07) is 0. The van der Waals surface area contributed by atoms with Gasteiger partial charge in [-0.2, -0.15) is 12.6 Å². The fourth-order valence-corrected chi connectivity index (χ4v) is 0.311. The largest absolute Gasteiger partial charge is 0.163 e. The van der Waals surface area contributed by atoms with Gasteiger partial charge in [0.15, 0.2) is 0 Å². The van der Waals surface area contributed by atoms with Crippen LogP contribution in [-0.4, -0.2) is 5.25 Å². The quantitative estimate of drug-likeness (QED) is 0.357. The minimum absolute atomic E-state index is 0.196. The molecule has 0 aliphatic rings. The SMILES string of the molecule is [CH2]CC#CC(C)S. The molecule has 0 aromatic carbocycles. The average molecular weight is 113 g/mol. The van der Waals surface area contributed by atoms with E-state index in [4.69, 9.17) is 0 Å². The Morgan fingerprint density at radius 2 is 2.43 bits per heavy atom. The van der Waals surface area contributed by atoms with E-state index in [2.05, 4.69) is 31.4 Å². The third kappa shape index (κ3) is 5.91. The third-order valence-electron chi connectivity index (χ3n) is 0.436. The van der Waals surface area contributed by atoms with Gasteiger partial charge in [0.25, 0.3) is 0 Å². The second-order valence-electron chi connectivity index (χ2n) is 1.25. The van der Waals surface area contributed by atoms with E-state index in [0.717, 1.165) is 0 Å². The molecule has 7 heavy (non-hydrogen) atoms. The van der Waals surface area contributed by atoms with Crippen LogP contribution in [0.4, 0.5) is 0 Å². The summed E-state index contributed by atoms with van der Waals surface area (Å²) >= 11 is 4.03. The van der Waals surface area contributed by atoms with E-state index >= 15 is 0 Å². The standard InChI is InChI=1S/C6H9S/c1-3-4-5-6(2)7/h6-7H,1,3H2,2H3. The van der Waals surface area contributed by atoms with Crippen molar-refractivity contribution in [1.29, 1.82) is 0 Å². The molecule has 0 N–H and O–H groups in total. The molecule has 0 saturated heterocycles. The van der Waals surface area contributed by atoms with Gasteiger partial charge in [0.05, 0.1) is 5.25 Å². The molecule has 1 heteroatoms. The van der Waals surface area contributed by atoms with Crippen LogP contribution in [0.2, 0.25) is 0 Å². The number of thiol groups is 1. The summed E-state index contributed by atoms with van der Waals surface area (Å²) in [6.07, 6.45) is 0.685. The van der Waals surface area contributed by atoms with Crippen LogP contribution in [0, 0.1) is 18.8 Å². The summed E-state index contributed by atoms with van der Waals surface area (Å²) in [5, 5.41) is 0.196. The second-order valence-corrected chi connectivity index (χ2v) is 2.02. The van der Waals surface area contributed by atoms with Crippen LogP contribution in [-0.2, 0) is 0 Å². The van der Waals surface area contributed by atoms with E-state index in [-0.39, 0.29) is 5.25 Å². The first-order chi connectivity index (χ1) is 3.27. The molecule has 0 nitrogen and oxygen atoms in total. The van der Waals surface area contributed by atoms with Crippen molar-refractivity contribution < 1.29 is 0 Å². The van der Waals surface area contributed by atoms with Crippen LogP contribution >= 0.6 is 12.6 Å². The lowest BCUT2D eigenvalue weighted by Gasteiger charge is -1.82. The van der Waals surface area contributed by atoms with Gasteiger partial charge < -0.3 is 0 Å². The van der Waals surface area contributed by atoms with Crippen LogP contribution in [0.3, 0.4) is 0 Å². The lowest BCUT2D eigenvalue weighted by Crippen LogP contribution is -1.80. The first-order valence-corrected chi connectivity index (χ1v) is 2.74. The van der Waals surface area contributed by atoms with Gasteiger partial charge in [0.1, 0.15) is 0 Å². The van der Waals surface area contributed by atoms with Gasteiger partial charge in [-0.3, -0.25) is 0 Å². The molecule has 0 aliphatic heterocycles. The van der Waals surface area contributed by atoms with Gasteiger partial charge in [0, 0.05) is 6.42 Å². The second kappa shape index (κ2) is 4.08. The fourth-order valence-electron chi connectivity index (χ4n) is 0.220. The van der Waals surface area contributed by atoms with E-state index < -0.39 is 0 Å². The molecule has 0 aromatic heterocycles. The lowest BCUT2D eigenvalue weighted by atomic mass is 10.4. The van der Waals surface area contributed by atoms with Crippen molar-refractivity contribution in [2.75, 3.05) is 0 Å². The van der Waals surface area contributed by atoms with Crippen LogP contribution < -0.4 is 0 Å². The normalized spacial score (nSPS) is 11.9. The van der Waals surface area contributed by atoms with Crippen LogP contribution in [0.15, 0.2) is 0 Å². The van der Waals surface area contributed by atoms with E-state index in [1.165, 1.54) is 0 Å². The number of hydrogen-bond donors (Lipinski definition) is 1. The molecule has 1 radical (unpaired) electrons. The lowest BCUT2D eigenvalue weighted by molar-refractivity contribution is 1.30. The molecule has 1 unspecified atom stereocenters. The molecule has 0 aromatic rings. The Balaban J connectivity index is 3.24. The summed E-state index contributed by atoms with van der Waals surface area (Å²) in [7, 11) is 0. The molecular weight excluding hydrogens is 104 g/mol. The topological polar surface area (TPSA) is 0 Å².